The van der Waals surface area contributed by atoms with Crippen molar-refractivity contribution in [3.8, 4) is 0 Å². The van der Waals surface area contributed by atoms with E-state index in [-0.39, 0.29) is 0 Å². The van der Waals surface area contributed by atoms with Crippen LogP contribution in [0.1, 0.15) is 22.3 Å². The second-order valence-corrected chi connectivity index (χ2v) is 5.06. The molecular weight excluding hydrogens is 248 g/mol. The first-order chi connectivity index (χ1) is 9.23. The van der Waals surface area contributed by atoms with Crippen LogP contribution in [-0.4, -0.2) is 0 Å². The fourth-order valence-corrected chi connectivity index (χ4v) is 1.87. The third-order valence-electron chi connectivity index (χ3n) is 3.49. The van der Waals surface area contributed by atoms with Crippen molar-refractivity contribution in [2.24, 2.45) is 0 Å². The summed E-state index contributed by atoms with van der Waals surface area (Å²) in [5.41, 5.74) is 30.1. The molecule has 0 fully saturated rings. The molecule has 0 saturated carbocycles. The van der Waals surface area contributed by atoms with Gasteiger partial charge in [0.2, 0.25) is 0 Å². The number of anilines is 4. The van der Waals surface area contributed by atoms with Crippen LogP contribution in [0.3, 0.4) is 0 Å². The quantitative estimate of drug-likeness (QED) is 0.553. The van der Waals surface area contributed by atoms with Gasteiger partial charge in [-0.3, -0.25) is 0 Å². The molecular formula is C16H24N4. The number of rotatable bonds is 0. The second kappa shape index (κ2) is 6.19. The zero-order chi connectivity index (χ0) is 15.4. The van der Waals surface area contributed by atoms with Gasteiger partial charge in [0, 0.05) is 22.7 Å². The topological polar surface area (TPSA) is 104 Å². The zero-order valence-electron chi connectivity index (χ0n) is 12.6. The average Bonchev–Trinajstić information content (AvgIpc) is 2.39. The summed E-state index contributed by atoms with van der Waals surface area (Å²) in [6, 6.07) is 7.42. The molecule has 108 valence electrons. The van der Waals surface area contributed by atoms with Crippen LogP contribution in [0.25, 0.3) is 0 Å². The highest BCUT2D eigenvalue weighted by atomic mass is 14.6. The molecule has 0 aliphatic carbocycles. The normalized spacial score (nSPS) is 9.80. The number of aryl methyl sites for hydroxylation is 2. The molecule has 0 aromatic heterocycles. The predicted molar refractivity (Wildman–Crippen MR) is 89.5 cm³/mol. The number of nitrogens with two attached hydrogens (primary N) is 4. The lowest BCUT2D eigenvalue weighted by Crippen LogP contribution is -1.96. The Labute approximate surface area is 120 Å². The summed E-state index contributed by atoms with van der Waals surface area (Å²) in [6.45, 7) is 7.86. The summed E-state index contributed by atoms with van der Waals surface area (Å²) in [4.78, 5) is 0. The Hall–Kier alpha value is -2.36. The highest BCUT2D eigenvalue weighted by Crippen LogP contribution is 2.20. The zero-order valence-corrected chi connectivity index (χ0v) is 12.6. The SMILES string of the molecule is Cc1c(N)ccc(N)c1C.Cc1cc(N)cc(C)c1N. The van der Waals surface area contributed by atoms with Crippen LogP contribution in [0, 0.1) is 27.7 Å². The summed E-state index contributed by atoms with van der Waals surface area (Å²) in [7, 11) is 0. The van der Waals surface area contributed by atoms with E-state index in [0.29, 0.717) is 0 Å². The van der Waals surface area contributed by atoms with Crippen LogP contribution in [0.2, 0.25) is 0 Å². The molecule has 2 rings (SSSR count). The summed E-state index contributed by atoms with van der Waals surface area (Å²) in [5, 5.41) is 0. The van der Waals surface area contributed by atoms with Crippen LogP contribution < -0.4 is 22.9 Å². The van der Waals surface area contributed by atoms with Gasteiger partial charge in [-0.05, 0) is 74.2 Å². The first kappa shape index (κ1) is 15.7. The fourth-order valence-electron chi connectivity index (χ4n) is 1.87. The van der Waals surface area contributed by atoms with E-state index in [0.717, 1.165) is 45.0 Å². The largest absolute Gasteiger partial charge is 0.399 e. The molecule has 0 atom stereocenters. The van der Waals surface area contributed by atoms with E-state index in [9.17, 15) is 0 Å². The van der Waals surface area contributed by atoms with E-state index in [1.165, 1.54) is 0 Å². The number of hydrogen-bond donors (Lipinski definition) is 4. The summed E-state index contributed by atoms with van der Waals surface area (Å²) >= 11 is 0. The smallest absolute Gasteiger partial charge is 0.0374 e. The lowest BCUT2D eigenvalue weighted by molar-refractivity contribution is 1.35. The van der Waals surface area contributed by atoms with E-state index in [4.69, 9.17) is 22.9 Å². The van der Waals surface area contributed by atoms with Gasteiger partial charge >= 0.3 is 0 Å². The number of nitrogen functional groups attached to an aromatic ring is 4. The molecule has 20 heavy (non-hydrogen) atoms. The standard InChI is InChI=1S/2C8H12N2/c1-5-3-7(9)4-6(2)8(5)10;1-5-6(2)8(10)4-3-7(5)9/h2*3-4H,9-10H2,1-2H3. The molecule has 0 radical (unpaired) electrons. The van der Waals surface area contributed by atoms with Gasteiger partial charge in [0.25, 0.3) is 0 Å². The van der Waals surface area contributed by atoms with Gasteiger partial charge in [0.1, 0.15) is 0 Å². The number of benzene rings is 2. The third kappa shape index (κ3) is 3.57. The van der Waals surface area contributed by atoms with Crippen LogP contribution >= 0.6 is 0 Å². The first-order valence-corrected chi connectivity index (χ1v) is 6.47. The molecule has 0 bridgehead atoms. The average molecular weight is 272 g/mol. The predicted octanol–water partition coefficient (Wildman–Crippen LogP) is 2.94. The molecule has 0 spiro atoms. The maximum Gasteiger partial charge on any atom is 0.0374 e. The summed E-state index contributed by atoms with van der Waals surface area (Å²) < 4.78 is 0. The Morgan fingerprint density at radius 3 is 1.35 bits per heavy atom. The van der Waals surface area contributed by atoms with E-state index in [2.05, 4.69) is 0 Å². The van der Waals surface area contributed by atoms with Gasteiger partial charge in [-0.25, -0.2) is 0 Å². The fraction of sp³-hybridized carbons (Fsp3) is 0.250. The lowest BCUT2D eigenvalue weighted by Gasteiger charge is -2.05. The van der Waals surface area contributed by atoms with Crippen molar-refractivity contribution in [3.05, 3.63) is 46.5 Å². The highest BCUT2D eigenvalue weighted by Gasteiger charge is 1.99. The van der Waals surface area contributed by atoms with Crippen LogP contribution in [0.4, 0.5) is 22.7 Å². The van der Waals surface area contributed by atoms with E-state index in [1.54, 1.807) is 0 Å². The van der Waals surface area contributed by atoms with Crippen molar-refractivity contribution in [3.63, 3.8) is 0 Å². The molecule has 0 aliphatic rings. The maximum atomic E-state index is 5.70. The minimum absolute atomic E-state index is 0.782. The molecule has 0 heterocycles. The van der Waals surface area contributed by atoms with Gasteiger partial charge in [-0.1, -0.05) is 0 Å². The second-order valence-electron chi connectivity index (χ2n) is 5.06. The van der Waals surface area contributed by atoms with Crippen molar-refractivity contribution in [1.82, 2.24) is 0 Å². The third-order valence-corrected chi connectivity index (χ3v) is 3.49. The van der Waals surface area contributed by atoms with E-state index >= 15 is 0 Å². The molecule has 4 heteroatoms. The van der Waals surface area contributed by atoms with Gasteiger partial charge in [0.15, 0.2) is 0 Å². The van der Waals surface area contributed by atoms with Crippen molar-refractivity contribution in [2.45, 2.75) is 27.7 Å². The minimum atomic E-state index is 0.782. The van der Waals surface area contributed by atoms with Gasteiger partial charge in [-0.15, -0.1) is 0 Å². The van der Waals surface area contributed by atoms with Gasteiger partial charge in [-0.2, -0.15) is 0 Å². The van der Waals surface area contributed by atoms with Crippen LogP contribution in [0.5, 0.6) is 0 Å². The molecule has 0 saturated heterocycles. The van der Waals surface area contributed by atoms with Gasteiger partial charge in [0.05, 0.1) is 0 Å². The Bertz CT molecular complexity index is 568. The summed E-state index contributed by atoms with van der Waals surface area (Å²) in [6.07, 6.45) is 0. The van der Waals surface area contributed by atoms with E-state index < -0.39 is 0 Å². The highest BCUT2D eigenvalue weighted by molar-refractivity contribution is 5.61. The van der Waals surface area contributed by atoms with Crippen LogP contribution in [0.15, 0.2) is 24.3 Å². The minimum Gasteiger partial charge on any atom is -0.399 e. The Balaban J connectivity index is 0.000000200. The molecule has 0 unspecified atom stereocenters. The van der Waals surface area contributed by atoms with Crippen molar-refractivity contribution < 1.29 is 0 Å². The first-order valence-electron chi connectivity index (χ1n) is 6.47. The van der Waals surface area contributed by atoms with Crippen molar-refractivity contribution in [1.29, 1.82) is 0 Å². The monoisotopic (exact) mass is 272 g/mol. The molecule has 4 nitrogen and oxygen atoms in total. The molecule has 8 N–H and O–H groups in total. The molecule has 0 amide bonds. The Kier molecular flexibility index (Phi) is 4.86. The van der Waals surface area contributed by atoms with Gasteiger partial charge < -0.3 is 22.9 Å². The molecule has 2 aromatic rings. The van der Waals surface area contributed by atoms with Crippen molar-refractivity contribution in [2.75, 3.05) is 22.9 Å². The van der Waals surface area contributed by atoms with Crippen molar-refractivity contribution >= 4 is 22.7 Å². The van der Waals surface area contributed by atoms with Crippen LogP contribution in [-0.2, 0) is 0 Å². The Morgan fingerprint density at radius 1 is 0.650 bits per heavy atom. The molecule has 0 aliphatic heterocycles. The van der Waals surface area contributed by atoms with E-state index in [1.807, 2.05) is 52.0 Å². The molecule has 2 aromatic carbocycles. The maximum absolute atomic E-state index is 5.70. The Morgan fingerprint density at radius 2 is 1.00 bits per heavy atom. The lowest BCUT2D eigenvalue weighted by atomic mass is 10.1. The number of hydrogen-bond acceptors (Lipinski definition) is 4. The summed E-state index contributed by atoms with van der Waals surface area (Å²) in [5.74, 6) is 0.